The monoisotopic (exact) mass is 370 g/mol. The Kier molecular flexibility index (Phi) is 14.5. The minimum atomic E-state index is -1.27. The number of carboxylic acids is 5. The SMILES string of the molecule is C=C(C)C(=O)[O-].C=C(CC(=O)O)C(=O)O.O=C(O)C1OC1C(=O)O.[Na+]. The first-order valence-electron chi connectivity index (χ1n) is 5.92. The summed E-state index contributed by atoms with van der Waals surface area (Å²) in [4.78, 5) is 48.9. The molecule has 0 aliphatic carbocycles. The number of hydrogen-bond acceptors (Lipinski definition) is 7. The summed E-state index contributed by atoms with van der Waals surface area (Å²) in [6.45, 7) is 7.49. The third-order valence-electron chi connectivity index (χ3n) is 1.99. The molecule has 1 aliphatic rings. The molecule has 0 spiro atoms. The van der Waals surface area contributed by atoms with E-state index in [1.165, 1.54) is 6.92 Å². The van der Waals surface area contributed by atoms with Crippen molar-refractivity contribution in [3.05, 3.63) is 24.3 Å². The molecule has 1 heterocycles. The van der Waals surface area contributed by atoms with Gasteiger partial charge in [-0.1, -0.05) is 13.2 Å². The van der Waals surface area contributed by atoms with Gasteiger partial charge in [-0.2, -0.15) is 0 Å². The van der Waals surface area contributed by atoms with Crippen molar-refractivity contribution < 1.29 is 83.8 Å². The van der Waals surface area contributed by atoms with Gasteiger partial charge in [0.2, 0.25) is 0 Å². The van der Waals surface area contributed by atoms with Crippen LogP contribution < -0.4 is 34.7 Å². The Hall–Kier alpha value is -2.21. The first-order valence-corrected chi connectivity index (χ1v) is 5.92. The van der Waals surface area contributed by atoms with Crippen LogP contribution >= 0.6 is 0 Å². The van der Waals surface area contributed by atoms with Crippen LogP contribution in [0.3, 0.4) is 0 Å². The van der Waals surface area contributed by atoms with Crippen LogP contribution in [-0.2, 0) is 28.7 Å². The number of aliphatic carboxylic acids is 5. The zero-order valence-electron chi connectivity index (χ0n) is 13.4. The van der Waals surface area contributed by atoms with E-state index in [-0.39, 0.29) is 40.7 Å². The summed E-state index contributed by atoms with van der Waals surface area (Å²) in [5.41, 5.74) is -0.238. The van der Waals surface area contributed by atoms with E-state index < -0.39 is 48.5 Å². The summed E-state index contributed by atoms with van der Waals surface area (Å²) < 4.78 is 4.24. The number of ether oxygens (including phenoxy) is 1. The summed E-state index contributed by atoms with van der Waals surface area (Å²) in [7, 11) is 0. The number of carbonyl (C=O) groups is 5. The Morgan fingerprint density at radius 2 is 1.28 bits per heavy atom. The number of carboxylic acid groups (broad SMARTS) is 5. The van der Waals surface area contributed by atoms with E-state index >= 15 is 0 Å². The molecule has 25 heavy (non-hydrogen) atoms. The van der Waals surface area contributed by atoms with Crippen molar-refractivity contribution in [1.82, 2.24) is 0 Å². The van der Waals surface area contributed by atoms with Crippen LogP contribution in [-0.4, -0.2) is 62.5 Å². The summed E-state index contributed by atoms with van der Waals surface area (Å²) in [5.74, 6) is -6.07. The average molecular weight is 370 g/mol. The molecule has 0 bridgehead atoms. The Balaban J connectivity index is -0.000000292. The summed E-state index contributed by atoms with van der Waals surface area (Å²) in [6, 6.07) is 0. The van der Waals surface area contributed by atoms with Crippen molar-refractivity contribution >= 4 is 29.8 Å². The topological polar surface area (TPSA) is 202 Å². The predicted octanol–water partition coefficient (Wildman–Crippen LogP) is -4.66. The second-order valence-electron chi connectivity index (χ2n) is 4.20. The van der Waals surface area contributed by atoms with Crippen molar-refractivity contribution in [2.75, 3.05) is 0 Å². The maximum Gasteiger partial charge on any atom is 1.00 e. The Morgan fingerprint density at radius 1 is 0.960 bits per heavy atom. The van der Waals surface area contributed by atoms with Crippen molar-refractivity contribution in [2.24, 2.45) is 0 Å². The molecule has 0 aromatic rings. The number of carbonyl (C=O) groups excluding carboxylic acids is 1. The Morgan fingerprint density at radius 3 is 1.36 bits per heavy atom. The van der Waals surface area contributed by atoms with Crippen LogP contribution in [0.15, 0.2) is 24.3 Å². The van der Waals surface area contributed by atoms with Gasteiger partial charge in [0.15, 0.2) is 12.2 Å². The van der Waals surface area contributed by atoms with Gasteiger partial charge in [0.25, 0.3) is 0 Å². The number of epoxide rings is 1. The first-order chi connectivity index (χ1) is 10.8. The second kappa shape index (κ2) is 13.1. The molecule has 2 atom stereocenters. The molecule has 2 unspecified atom stereocenters. The third-order valence-corrected chi connectivity index (χ3v) is 1.99. The molecule has 11 nitrogen and oxygen atoms in total. The van der Waals surface area contributed by atoms with Crippen LogP contribution in [0, 0.1) is 0 Å². The van der Waals surface area contributed by atoms with Gasteiger partial charge in [-0.15, -0.1) is 0 Å². The standard InChI is InChI=1S/C5H6O4.C4H4O5.C4H6O2.Na/c1-3(5(8)9)2-4(6)7;5-3(6)1-2(9-1)4(7)8;1-3(2)4(5)6;/h1-2H2,(H,6,7)(H,8,9);1-2H,(H,5,6)(H,7,8);1H2,2H3,(H,5,6);/q;;;+1/p-1. The number of rotatable bonds is 6. The van der Waals surface area contributed by atoms with Crippen LogP contribution in [0.5, 0.6) is 0 Å². The van der Waals surface area contributed by atoms with E-state index in [1.54, 1.807) is 0 Å². The molecule has 1 saturated heterocycles. The molecule has 0 aromatic heterocycles. The van der Waals surface area contributed by atoms with Gasteiger partial charge in [-0.25, -0.2) is 14.4 Å². The van der Waals surface area contributed by atoms with Gasteiger partial charge in [0.1, 0.15) is 0 Å². The van der Waals surface area contributed by atoms with Gasteiger partial charge < -0.3 is 35.1 Å². The minimum absolute atomic E-state index is 0. The van der Waals surface area contributed by atoms with E-state index in [0.717, 1.165) is 0 Å². The summed E-state index contributed by atoms with van der Waals surface area (Å²) in [6.07, 6.45) is -2.75. The van der Waals surface area contributed by atoms with E-state index in [2.05, 4.69) is 17.9 Å². The van der Waals surface area contributed by atoms with Crippen LogP contribution in [0.4, 0.5) is 0 Å². The maximum atomic E-state index is 9.89. The number of hydrogen-bond donors (Lipinski definition) is 4. The molecule has 134 valence electrons. The van der Waals surface area contributed by atoms with E-state index in [1.807, 2.05) is 0 Å². The quantitative estimate of drug-likeness (QED) is 0.199. The van der Waals surface area contributed by atoms with Gasteiger partial charge in [0.05, 0.1) is 12.4 Å². The van der Waals surface area contributed by atoms with Gasteiger partial charge in [-0.3, -0.25) is 4.79 Å². The smallest absolute Gasteiger partial charge is 0.545 e. The molecule has 1 rings (SSSR count). The third kappa shape index (κ3) is 15.1. The molecule has 0 saturated carbocycles. The molecule has 12 heteroatoms. The minimum Gasteiger partial charge on any atom is -0.545 e. The second-order valence-corrected chi connectivity index (χ2v) is 4.20. The van der Waals surface area contributed by atoms with Crippen LogP contribution in [0.1, 0.15) is 13.3 Å². The van der Waals surface area contributed by atoms with Crippen molar-refractivity contribution in [1.29, 1.82) is 0 Å². The summed E-state index contributed by atoms with van der Waals surface area (Å²) in [5, 5.41) is 41.7. The van der Waals surface area contributed by atoms with E-state index in [9.17, 15) is 29.1 Å². The zero-order valence-corrected chi connectivity index (χ0v) is 15.4. The van der Waals surface area contributed by atoms with E-state index in [0.29, 0.717) is 0 Å². The molecule has 0 radical (unpaired) electrons. The fourth-order valence-corrected chi connectivity index (χ4v) is 0.746. The zero-order chi connectivity index (χ0) is 19.6. The van der Waals surface area contributed by atoms with Crippen molar-refractivity contribution in [2.45, 2.75) is 25.6 Å². The summed E-state index contributed by atoms with van der Waals surface area (Å²) >= 11 is 0. The fraction of sp³-hybridized carbons (Fsp3) is 0.308. The van der Waals surface area contributed by atoms with Crippen LogP contribution in [0.2, 0.25) is 0 Å². The van der Waals surface area contributed by atoms with Crippen molar-refractivity contribution in [3.8, 4) is 0 Å². The van der Waals surface area contributed by atoms with Gasteiger partial charge in [0, 0.05) is 5.57 Å². The molecule has 1 aliphatic heterocycles. The van der Waals surface area contributed by atoms with Gasteiger partial charge in [-0.05, 0) is 12.5 Å². The maximum absolute atomic E-state index is 9.89. The predicted molar refractivity (Wildman–Crippen MR) is 72.8 cm³/mol. The molecule has 4 N–H and O–H groups in total. The van der Waals surface area contributed by atoms with Crippen LogP contribution in [0.25, 0.3) is 0 Å². The van der Waals surface area contributed by atoms with Gasteiger partial charge >= 0.3 is 53.4 Å². The first kappa shape index (κ1) is 27.6. The molecule has 0 aromatic carbocycles. The van der Waals surface area contributed by atoms with E-state index in [4.69, 9.17) is 20.4 Å². The molecular weight excluding hydrogens is 355 g/mol. The Labute approximate surface area is 163 Å². The largest absolute Gasteiger partial charge is 1.00 e. The molecular formula is C13H15NaO11. The average Bonchev–Trinajstić information content (AvgIpc) is 3.19. The fourth-order valence-electron chi connectivity index (χ4n) is 0.746. The normalized spacial score (nSPS) is 16.2. The molecule has 0 amide bonds. The molecule has 1 fully saturated rings. The van der Waals surface area contributed by atoms with Crippen molar-refractivity contribution in [3.63, 3.8) is 0 Å². The Bertz CT molecular complexity index is 536.